The van der Waals surface area contributed by atoms with Crippen molar-refractivity contribution in [2.24, 2.45) is 23.7 Å². The Kier molecular flexibility index (Phi) is 12.0. The Morgan fingerprint density at radius 1 is 0.813 bits per heavy atom. The first kappa shape index (κ1) is 47.9. The molecule has 5 saturated heterocycles. The van der Waals surface area contributed by atoms with Gasteiger partial charge in [-0.15, -0.1) is 0 Å². The number of imidazole rings is 1. The number of amides is 5. The molecule has 390 valence electrons. The summed E-state index contributed by atoms with van der Waals surface area (Å²) in [7, 11) is 0. The van der Waals surface area contributed by atoms with Crippen LogP contribution in [0.4, 0.5) is 27.4 Å². The van der Waals surface area contributed by atoms with Gasteiger partial charge in [0, 0.05) is 93.1 Å². The summed E-state index contributed by atoms with van der Waals surface area (Å²) in [6.45, 7) is 10.1. The predicted molar refractivity (Wildman–Crippen MR) is 282 cm³/mol. The number of hydrogen-bond donors (Lipinski definition) is 2. The van der Waals surface area contributed by atoms with Crippen LogP contribution in [0.3, 0.4) is 0 Å². The first-order valence-electron chi connectivity index (χ1n) is 27.7. The van der Waals surface area contributed by atoms with E-state index in [0.717, 1.165) is 78.0 Å². The van der Waals surface area contributed by atoms with E-state index in [1.165, 1.54) is 25.3 Å². The van der Waals surface area contributed by atoms with Gasteiger partial charge in [0.25, 0.3) is 0 Å². The van der Waals surface area contributed by atoms with Crippen molar-refractivity contribution in [2.75, 3.05) is 67.5 Å². The maximum Gasteiger partial charge on any atom is 0.238 e. The number of halogens is 1. The molecule has 13 rings (SSSR count). The zero-order valence-corrected chi connectivity index (χ0v) is 42.9. The molecule has 2 aliphatic carbocycles. The fraction of sp³-hybridized carbons (Fsp3) is 0.517. The van der Waals surface area contributed by atoms with Crippen LogP contribution in [-0.4, -0.2) is 128 Å². The fourth-order valence-corrected chi connectivity index (χ4v) is 14.1. The smallest absolute Gasteiger partial charge is 0.238 e. The highest BCUT2D eigenvalue weighted by Crippen LogP contribution is 2.56. The summed E-state index contributed by atoms with van der Waals surface area (Å²) in [4.78, 5) is 93.0. The van der Waals surface area contributed by atoms with Gasteiger partial charge in [-0.1, -0.05) is 36.8 Å². The van der Waals surface area contributed by atoms with Crippen LogP contribution in [0.25, 0.3) is 22.3 Å². The van der Waals surface area contributed by atoms with Crippen LogP contribution in [0, 0.1) is 29.5 Å². The van der Waals surface area contributed by atoms with Crippen molar-refractivity contribution in [1.29, 1.82) is 0 Å². The SMILES string of the molecule is CC(C)n1cnc2cc(-c3ccc4c(c3)N([C@H]3C[C@@H](N5CCCCC5)C3)C(=O)C43CCN(C(=O)C4C5CN(C(=O)C6CCN(c7ccc(C8CCC(=O)NC8=O)cn7)CC6)CC54)CC3)nc(Nc3ccccc3F)c21. The third-order valence-corrected chi connectivity index (χ3v) is 18.6. The van der Waals surface area contributed by atoms with E-state index in [1.54, 1.807) is 30.7 Å². The van der Waals surface area contributed by atoms with Gasteiger partial charge < -0.3 is 34.4 Å². The maximum absolute atomic E-state index is 15.3. The molecule has 7 fully saturated rings. The Balaban J connectivity index is 0.678. The summed E-state index contributed by atoms with van der Waals surface area (Å²) in [6, 6.07) is 19.4. The highest BCUT2D eigenvalue weighted by molar-refractivity contribution is 6.10. The van der Waals surface area contributed by atoms with Gasteiger partial charge in [0.2, 0.25) is 29.5 Å². The number of likely N-dealkylation sites (tertiary alicyclic amines) is 3. The Morgan fingerprint density at radius 3 is 2.28 bits per heavy atom. The Morgan fingerprint density at radius 2 is 1.57 bits per heavy atom. The van der Waals surface area contributed by atoms with E-state index in [4.69, 9.17) is 9.97 Å². The number of imide groups is 1. The van der Waals surface area contributed by atoms with Crippen LogP contribution >= 0.6 is 0 Å². The topological polar surface area (TPSA) is 169 Å². The molecule has 3 atom stereocenters. The molecule has 0 bridgehead atoms. The Bertz CT molecular complexity index is 3080. The lowest BCUT2D eigenvalue weighted by Gasteiger charge is -2.48. The number of nitrogens with one attached hydrogen (secondary N) is 2. The zero-order chi connectivity index (χ0) is 51.3. The summed E-state index contributed by atoms with van der Waals surface area (Å²) in [5.41, 5.74) is 5.41. The predicted octanol–water partition coefficient (Wildman–Crippen LogP) is 7.32. The van der Waals surface area contributed by atoms with E-state index in [2.05, 4.69) is 62.4 Å². The van der Waals surface area contributed by atoms with Crippen LogP contribution in [0.2, 0.25) is 0 Å². The van der Waals surface area contributed by atoms with Gasteiger partial charge in [0.15, 0.2) is 5.82 Å². The molecule has 5 aromatic rings. The van der Waals surface area contributed by atoms with E-state index >= 15 is 9.18 Å². The van der Waals surface area contributed by atoms with Crippen molar-refractivity contribution in [3.05, 3.63) is 90.1 Å². The molecule has 2 aromatic carbocycles. The number of benzene rings is 2. The third kappa shape index (κ3) is 8.34. The zero-order valence-electron chi connectivity index (χ0n) is 42.9. The average Bonchev–Trinajstić information content (AvgIpc) is 3.68. The first-order valence-corrected chi connectivity index (χ1v) is 27.7. The van der Waals surface area contributed by atoms with Gasteiger partial charge >= 0.3 is 0 Å². The second kappa shape index (κ2) is 18.8. The number of hydrogen-bond acceptors (Lipinski definition) is 11. The number of pyridine rings is 2. The Hall–Kier alpha value is -6.75. The van der Waals surface area contributed by atoms with Gasteiger partial charge in [-0.25, -0.2) is 19.3 Å². The van der Waals surface area contributed by atoms with Gasteiger partial charge in [-0.2, -0.15) is 0 Å². The molecule has 16 nitrogen and oxygen atoms in total. The molecule has 1 spiro atoms. The van der Waals surface area contributed by atoms with E-state index in [0.29, 0.717) is 88.2 Å². The van der Waals surface area contributed by atoms with Crippen molar-refractivity contribution in [1.82, 2.24) is 39.5 Å². The number of carbonyl (C=O) groups excluding carboxylic acids is 5. The molecule has 3 unspecified atom stereocenters. The number of para-hydroxylation sites is 1. The van der Waals surface area contributed by atoms with Gasteiger partial charge in [0.05, 0.1) is 34.6 Å². The highest BCUT2D eigenvalue weighted by atomic mass is 19.1. The standard InChI is InChI=1S/C58H66FN11O5/c1-34(2)69-33-61-47-29-46(63-53(52(47)69)62-45-9-5-4-8-44(45)59)36-10-13-43-48(26-36)70(39-27-38(28-39)65-20-6-3-7-21-65)57(75)58(43)18-24-67(25-19-58)56(74)51-41-31-68(32-42(41)51)55(73)35-16-22-66(23-17-35)49-14-11-37(30-60-49)40-12-15-50(71)64-54(40)72/h4-5,8-11,13-14,26,29-30,33-35,38-42,51H,3,6-7,12,15-25,27-28,31-32H2,1-2H3,(H,62,63)(H,64,71,72)/t38-,39+,40?,41?,42?,51?. The molecule has 3 aromatic heterocycles. The second-order valence-corrected chi connectivity index (χ2v) is 23.1. The van der Waals surface area contributed by atoms with E-state index in [-0.39, 0.29) is 77.0 Å². The van der Waals surface area contributed by atoms with Crippen LogP contribution in [0.5, 0.6) is 0 Å². The molecule has 2 N–H and O–H groups in total. The number of rotatable bonds is 10. The summed E-state index contributed by atoms with van der Waals surface area (Å²) < 4.78 is 17.2. The lowest BCUT2D eigenvalue weighted by molar-refractivity contribution is -0.140. The van der Waals surface area contributed by atoms with Crippen molar-refractivity contribution >= 4 is 63.6 Å². The lowest BCUT2D eigenvalue weighted by atomic mass is 9.73. The molecule has 2 saturated carbocycles. The lowest BCUT2D eigenvalue weighted by Crippen LogP contribution is -2.58. The molecule has 8 aliphatic rings. The molecule has 17 heteroatoms. The van der Waals surface area contributed by atoms with Crippen molar-refractivity contribution in [3.63, 3.8) is 0 Å². The second-order valence-electron chi connectivity index (χ2n) is 23.1. The first-order chi connectivity index (χ1) is 36.4. The maximum atomic E-state index is 15.3. The molecule has 75 heavy (non-hydrogen) atoms. The van der Waals surface area contributed by atoms with Gasteiger partial charge in [0.1, 0.15) is 17.2 Å². The molecule has 6 aliphatic heterocycles. The normalized spacial score (nSPS) is 26.7. The van der Waals surface area contributed by atoms with Crippen molar-refractivity contribution in [3.8, 4) is 11.3 Å². The van der Waals surface area contributed by atoms with E-state index < -0.39 is 5.41 Å². The van der Waals surface area contributed by atoms with Crippen LogP contribution < -0.4 is 20.4 Å². The third-order valence-electron chi connectivity index (χ3n) is 18.6. The molecular formula is C58H66FN11O5. The number of fused-ring (bicyclic) bond motifs is 4. The molecular weight excluding hydrogens is 950 g/mol. The Labute approximate surface area is 436 Å². The summed E-state index contributed by atoms with van der Waals surface area (Å²) >= 11 is 0. The molecule has 9 heterocycles. The number of nitrogens with zero attached hydrogens (tertiary/aromatic N) is 9. The number of aromatic nitrogens is 4. The van der Waals surface area contributed by atoms with Crippen LogP contribution in [-0.2, 0) is 29.4 Å². The van der Waals surface area contributed by atoms with Crippen LogP contribution in [0.1, 0.15) is 108 Å². The number of anilines is 4. The minimum Gasteiger partial charge on any atom is -0.357 e. The van der Waals surface area contributed by atoms with Gasteiger partial charge in [-0.05, 0) is 138 Å². The van der Waals surface area contributed by atoms with Crippen molar-refractivity contribution < 1.29 is 28.4 Å². The fourth-order valence-electron chi connectivity index (χ4n) is 14.1. The minimum atomic E-state index is -0.737. The number of piperidine rings is 5. The van der Waals surface area contributed by atoms with Gasteiger partial charge in [-0.3, -0.25) is 29.3 Å². The summed E-state index contributed by atoms with van der Waals surface area (Å²) in [5.74, 6) is 0.767. The minimum absolute atomic E-state index is 0.0680. The largest absolute Gasteiger partial charge is 0.357 e. The van der Waals surface area contributed by atoms with Crippen molar-refractivity contribution in [2.45, 2.75) is 114 Å². The summed E-state index contributed by atoms with van der Waals surface area (Å²) in [5, 5.41) is 5.71. The van der Waals surface area contributed by atoms with Crippen LogP contribution in [0.15, 0.2) is 73.2 Å². The van der Waals surface area contributed by atoms with E-state index in [9.17, 15) is 19.2 Å². The average molecular weight is 1020 g/mol. The highest BCUT2D eigenvalue weighted by Gasteiger charge is 2.62. The number of carbonyl (C=O) groups is 5. The monoisotopic (exact) mass is 1020 g/mol. The molecule has 5 amide bonds. The summed E-state index contributed by atoms with van der Waals surface area (Å²) in [6.07, 6.45) is 12.5. The van der Waals surface area contributed by atoms with E-state index in [1.807, 2.05) is 32.6 Å². The quantitative estimate of drug-likeness (QED) is 0.135. The molecule has 0 radical (unpaired) electrons.